The Hall–Kier alpha value is -1.36. The number of alkyl halides is 1. The zero-order valence-electron chi connectivity index (χ0n) is 18.8. The van der Waals surface area contributed by atoms with Crippen LogP contribution in [-0.2, 0) is 21.3 Å². The topological polar surface area (TPSA) is 96.4 Å². The second-order valence-corrected chi connectivity index (χ2v) is 12.0. The molecule has 1 saturated carbocycles. The molecule has 10 heteroatoms. The number of halogens is 1. The Balaban J connectivity index is 1.82. The Morgan fingerprint density at radius 1 is 1.22 bits per heavy atom. The van der Waals surface area contributed by atoms with Crippen LogP contribution in [0.15, 0.2) is 24.3 Å². The number of nitrogens with zero attached hydrogens (tertiary/aromatic N) is 2. The molecule has 0 radical (unpaired) electrons. The number of hydrogen-bond donors (Lipinski definition) is 1. The molecule has 2 fully saturated rings. The zero-order chi connectivity index (χ0) is 23.5. The molecule has 1 aromatic carbocycles. The smallest absolute Gasteiger partial charge is 0.407 e. The first-order valence-electron chi connectivity index (χ1n) is 11.0. The highest BCUT2D eigenvalue weighted by atomic mass is 79.9. The first kappa shape index (κ1) is 25.3. The van der Waals surface area contributed by atoms with E-state index in [1.807, 2.05) is 19.1 Å². The van der Waals surface area contributed by atoms with Crippen LogP contribution < -0.4 is 4.74 Å². The van der Waals surface area contributed by atoms with Crippen LogP contribution in [0.1, 0.15) is 44.6 Å². The van der Waals surface area contributed by atoms with Crippen molar-refractivity contribution in [3.8, 4) is 5.75 Å². The van der Waals surface area contributed by atoms with Crippen molar-refractivity contribution in [3.05, 3.63) is 29.8 Å². The quantitative estimate of drug-likeness (QED) is 0.513. The molecule has 0 aromatic heterocycles. The molecule has 1 amide bonds. The van der Waals surface area contributed by atoms with Gasteiger partial charge in [-0.15, -0.1) is 0 Å². The number of hydrogen-bond acceptors (Lipinski definition) is 5. The molecule has 2 aliphatic rings. The molecule has 1 aliphatic heterocycles. The van der Waals surface area contributed by atoms with Crippen molar-refractivity contribution in [2.45, 2.75) is 74.6 Å². The summed E-state index contributed by atoms with van der Waals surface area (Å²) < 4.78 is 38.4. The number of methoxy groups -OCH3 is 1. The molecular formula is C22H33BrN2O6S. The lowest BCUT2D eigenvalue weighted by Gasteiger charge is -2.35. The van der Waals surface area contributed by atoms with Crippen LogP contribution in [0.5, 0.6) is 5.75 Å². The lowest BCUT2D eigenvalue weighted by atomic mass is 9.97. The number of carboxylic acid groups (broad SMARTS) is 1. The number of likely N-dealkylation sites (tertiary alicyclic amines) is 1. The Morgan fingerprint density at radius 3 is 2.38 bits per heavy atom. The van der Waals surface area contributed by atoms with Crippen molar-refractivity contribution in [2.24, 2.45) is 0 Å². The standard InChI is InChI=1S/C22H33BrN2O6S/c1-15-12-20(24(32(3,28)29)13-16-4-8-18(30-2)9-5-16)21(25(15)22(26)27)14-31-19-10-6-17(23)7-11-19/h4-5,8-9,15,17,19-21H,6-7,10-14H2,1-3H3,(H,26,27)/t15-,17?,19?,20+,21+/m1/s1. The normalized spacial score (nSPS) is 28.8. The summed E-state index contributed by atoms with van der Waals surface area (Å²) in [7, 11) is -2.02. The third-order valence-corrected chi connectivity index (χ3v) is 8.65. The van der Waals surface area contributed by atoms with Gasteiger partial charge in [-0.1, -0.05) is 28.1 Å². The molecule has 8 nitrogen and oxygen atoms in total. The second-order valence-electron chi connectivity index (χ2n) is 8.77. The summed E-state index contributed by atoms with van der Waals surface area (Å²) in [6.07, 6.45) is 4.50. The summed E-state index contributed by atoms with van der Waals surface area (Å²) >= 11 is 3.64. The molecule has 0 spiro atoms. The molecule has 3 rings (SSSR count). The molecule has 0 unspecified atom stereocenters. The number of rotatable bonds is 8. The van der Waals surface area contributed by atoms with Gasteiger partial charge in [0.1, 0.15) is 5.75 Å². The lowest BCUT2D eigenvalue weighted by molar-refractivity contribution is -0.00910. The highest BCUT2D eigenvalue weighted by Gasteiger charge is 2.47. The van der Waals surface area contributed by atoms with Gasteiger partial charge in [0.05, 0.1) is 32.1 Å². The average molecular weight is 533 g/mol. The molecule has 1 saturated heterocycles. The maximum absolute atomic E-state index is 12.8. The fourth-order valence-corrected chi connectivity index (χ4v) is 6.41. The number of benzene rings is 1. The van der Waals surface area contributed by atoms with E-state index in [0.717, 1.165) is 31.2 Å². The Labute approximate surface area is 199 Å². The van der Waals surface area contributed by atoms with Crippen LogP contribution in [0.4, 0.5) is 4.79 Å². The van der Waals surface area contributed by atoms with Gasteiger partial charge in [0, 0.05) is 23.5 Å². The minimum absolute atomic E-state index is 0.0734. The first-order valence-corrected chi connectivity index (χ1v) is 13.7. The number of amides is 1. The van der Waals surface area contributed by atoms with Gasteiger partial charge < -0.3 is 14.6 Å². The summed E-state index contributed by atoms with van der Waals surface area (Å²) in [6.45, 7) is 2.18. The van der Waals surface area contributed by atoms with E-state index >= 15 is 0 Å². The molecule has 0 bridgehead atoms. The van der Waals surface area contributed by atoms with Gasteiger partial charge in [-0.3, -0.25) is 4.90 Å². The molecule has 3 atom stereocenters. The molecular weight excluding hydrogens is 500 g/mol. The van der Waals surface area contributed by atoms with Crippen LogP contribution in [0.2, 0.25) is 0 Å². The minimum atomic E-state index is -3.60. The molecule has 1 N–H and O–H groups in total. The number of sulfonamides is 1. The Kier molecular flexibility index (Phi) is 8.46. The summed E-state index contributed by atoms with van der Waals surface area (Å²) in [5.41, 5.74) is 0.813. The molecule has 1 aliphatic carbocycles. The maximum atomic E-state index is 12.8. The second kappa shape index (κ2) is 10.7. The SMILES string of the molecule is COc1ccc(CN([C@H]2C[C@@H](C)N(C(=O)O)[C@H]2COC2CCC(Br)CC2)S(C)(=O)=O)cc1. The summed E-state index contributed by atoms with van der Waals surface area (Å²) in [5, 5.41) is 9.86. The Morgan fingerprint density at radius 2 is 1.84 bits per heavy atom. The molecule has 1 aromatic rings. The first-order chi connectivity index (χ1) is 15.1. The largest absolute Gasteiger partial charge is 0.497 e. The van der Waals surface area contributed by atoms with Crippen molar-refractivity contribution in [1.82, 2.24) is 9.21 Å². The third-order valence-electron chi connectivity index (χ3n) is 6.48. The lowest BCUT2D eigenvalue weighted by Crippen LogP contribution is -2.51. The monoisotopic (exact) mass is 532 g/mol. The van der Waals surface area contributed by atoms with Gasteiger partial charge in [-0.05, 0) is 56.7 Å². The molecule has 32 heavy (non-hydrogen) atoms. The third kappa shape index (κ3) is 6.15. The van der Waals surface area contributed by atoms with Gasteiger partial charge >= 0.3 is 6.09 Å². The van der Waals surface area contributed by atoms with Gasteiger partial charge in [0.15, 0.2) is 0 Å². The van der Waals surface area contributed by atoms with Crippen LogP contribution in [-0.4, -0.2) is 77.9 Å². The fourth-order valence-electron chi connectivity index (χ4n) is 4.78. The van der Waals surface area contributed by atoms with Gasteiger partial charge in [0.25, 0.3) is 0 Å². The van der Waals surface area contributed by atoms with Crippen molar-refractivity contribution in [2.75, 3.05) is 20.0 Å². The maximum Gasteiger partial charge on any atom is 0.407 e. The zero-order valence-corrected chi connectivity index (χ0v) is 21.2. The van der Waals surface area contributed by atoms with E-state index in [2.05, 4.69) is 15.9 Å². The van der Waals surface area contributed by atoms with E-state index in [-0.39, 0.29) is 25.3 Å². The van der Waals surface area contributed by atoms with Gasteiger partial charge in [-0.2, -0.15) is 4.31 Å². The average Bonchev–Trinajstić information content (AvgIpc) is 3.07. The van der Waals surface area contributed by atoms with Crippen molar-refractivity contribution in [3.63, 3.8) is 0 Å². The predicted molar refractivity (Wildman–Crippen MR) is 126 cm³/mol. The van der Waals surface area contributed by atoms with Crippen LogP contribution in [0.3, 0.4) is 0 Å². The van der Waals surface area contributed by atoms with E-state index in [0.29, 0.717) is 17.0 Å². The fraction of sp³-hybridized carbons (Fsp3) is 0.682. The van der Waals surface area contributed by atoms with Gasteiger partial charge in [-0.25, -0.2) is 13.2 Å². The van der Waals surface area contributed by atoms with Gasteiger partial charge in [0.2, 0.25) is 10.0 Å². The van der Waals surface area contributed by atoms with E-state index in [1.165, 1.54) is 15.5 Å². The van der Waals surface area contributed by atoms with Crippen molar-refractivity contribution < 1.29 is 27.8 Å². The highest BCUT2D eigenvalue weighted by molar-refractivity contribution is 9.09. The van der Waals surface area contributed by atoms with Crippen molar-refractivity contribution in [1.29, 1.82) is 0 Å². The predicted octanol–water partition coefficient (Wildman–Crippen LogP) is 3.69. The summed E-state index contributed by atoms with van der Waals surface area (Å²) in [6, 6.07) is 5.88. The van der Waals surface area contributed by atoms with Crippen LogP contribution in [0, 0.1) is 0 Å². The van der Waals surface area contributed by atoms with E-state index in [1.54, 1.807) is 19.2 Å². The Bertz CT molecular complexity index is 873. The molecule has 180 valence electrons. The summed E-state index contributed by atoms with van der Waals surface area (Å²) in [5.74, 6) is 0.690. The van der Waals surface area contributed by atoms with E-state index in [4.69, 9.17) is 9.47 Å². The van der Waals surface area contributed by atoms with Crippen molar-refractivity contribution >= 4 is 32.0 Å². The molecule has 1 heterocycles. The van der Waals surface area contributed by atoms with E-state index < -0.39 is 28.2 Å². The van der Waals surface area contributed by atoms with Crippen LogP contribution in [0.25, 0.3) is 0 Å². The number of ether oxygens (including phenoxy) is 2. The minimum Gasteiger partial charge on any atom is -0.497 e. The van der Waals surface area contributed by atoms with Crippen LogP contribution >= 0.6 is 15.9 Å². The van der Waals surface area contributed by atoms with E-state index in [9.17, 15) is 18.3 Å². The summed E-state index contributed by atoms with van der Waals surface area (Å²) in [4.78, 5) is 13.9. The number of carbonyl (C=O) groups is 1. The highest BCUT2D eigenvalue weighted by Crippen LogP contribution is 2.33.